The number of aryl methyl sites for hydroxylation is 1. The van der Waals surface area contributed by atoms with E-state index in [1.807, 2.05) is 13.8 Å². The number of aromatic nitrogens is 2. The zero-order valence-corrected chi connectivity index (χ0v) is 12.6. The first-order valence-electron chi connectivity index (χ1n) is 6.80. The fourth-order valence-electron chi connectivity index (χ4n) is 1.91. The van der Waals surface area contributed by atoms with E-state index in [-0.39, 0.29) is 11.7 Å². The lowest BCUT2D eigenvalue weighted by molar-refractivity contribution is -0.133. The molecule has 0 saturated heterocycles. The summed E-state index contributed by atoms with van der Waals surface area (Å²) in [5.41, 5.74) is 0.743. The lowest BCUT2D eigenvalue weighted by atomic mass is 10.2. The Morgan fingerprint density at radius 3 is 2.55 bits per heavy atom. The van der Waals surface area contributed by atoms with Gasteiger partial charge in [0.2, 0.25) is 0 Å². The van der Waals surface area contributed by atoms with Crippen LogP contribution in [0.25, 0.3) is 0 Å². The quantitative estimate of drug-likeness (QED) is 0.855. The van der Waals surface area contributed by atoms with Gasteiger partial charge in [0.05, 0.1) is 11.9 Å². The Balaban J connectivity index is 2.08. The minimum Gasteiger partial charge on any atom is -0.315 e. The number of hydrogen-bond donors (Lipinski definition) is 2. The number of hydrogen-bond acceptors (Lipinski definition) is 3. The molecule has 2 aromatic rings. The molecule has 0 bridgehead atoms. The largest absolute Gasteiger partial charge is 0.315 e. The average Bonchev–Trinajstić information content (AvgIpc) is 2.91. The molecule has 2 N–H and O–H groups in total. The van der Waals surface area contributed by atoms with E-state index in [0.717, 1.165) is 5.56 Å². The van der Waals surface area contributed by atoms with Gasteiger partial charge in [0.25, 0.3) is 0 Å². The minimum atomic E-state index is -0.944. The molecule has 1 aromatic heterocycles. The molecule has 0 aliphatic rings. The van der Waals surface area contributed by atoms with Crippen molar-refractivity contribution in [3.05, 3.63) is 41.8 Å². The molecule has 0 atom stereocenters. The van der Waals surface area contributed by atoms with Crippen LogP contribution in [0.5, 0.6) is 0 Å². The smallest absolute Gasteiger partial charge is 0.315 e. The number of carbonyl (C=O) groups is 2. The summed E-state index contributed by atoms with van der Waals surface area (Å²) in [6, 6.07) is 5.88. The third-order valence-corrected chi connectivity index (χ3v) is 2.98. The Morgan fingerprint density at radius 1 is 1.18 bits per heavy atom. The van der Waals surface area contributed by atoms with Crippen molar-refractivity contribution in [3.63, 3.8) is 0 Å². The molecule has 6 nitrogen and oxygen atoms in total. The van der Waals surface area contributed by atoms with Crippen LogP contribution in [0.15, 0.2) is 30.5 Å². The second-order valence-electron chi connectivity index (χ2n) is 5.15. The zero-order chi connectivity index (χ0) is 16.3. The van der Waals surface area contributed by atoms with Crippen LogP contribution in [0.1, 0.15) is 25.5 Å². The summed E-state index contributed by atoms with van der Waals surface area (Å²) >= 11 is 0. The summed E-state index contributed by atoms with van der Waals surface area (Å²) in [6.07, 6.45) is 1.52. The number of benzene rings is 1. The van der Waals surface area contributed by atoms with Crippen LogP contribution < -0.4 is 10.6 Å². The van der Waals surface area contributed by atoms with Gasteiger partial charge in [-0.3, -0.25) is 9.59 Å². The maximum absolute atomic E-state index is 13.6. The topological polar surface area (TPSA) is 76.0 Å². The van der Waals surface area contributed by atoms with Crippen molar-refractivity contribution in [3.8, 4) is 0 Å². The van der Waals surface area contributed by atoms with Crippen LogP contribution in [0.4, 0.5) is 15.9 Å². The fourth-order valence-corrected chi connectivity index (χ4v) is 1.91. The predicted molar refractivity (Wildman–Crippen MR) is 81.0 cm³/mol. The number of nitrogens with zero attached hydrogens (tertiary/aromatic N) is 2. The van der Waals surface area contributed by atoms with Crippen molar-refractivity contribution in [2.75, 3.05) is 10.6 Å². The first kappa shape index (κ1) is 15.7. The molecule has 22 heavy (non-hydrogen) atoms. The summed E-state index contributed by atoms with van der Waals surface area (Å²) in [6.45, 7) is 5.55. The van der Waals surface area contributed by atoms with Crippen molar-refractivity contribution in [1.82, 2.24) is 9.78 Å². The molecule has 0 unspecified atom stereocenters. The molecular weight excluding hydrogens is 287 g/mol. The number of halogens is 1. The maximum Gasteiger partial charge on any atom is 0.315 e. The van der Waals surface area contributed by atoms with Crippen molar-refractivity contribution >= 4 is 23.3 Å². The summed E-state index contributed by atoms with van der Waals surface area (Å²) in [5, 5.41) is 8.76. The SMILES string of the molecule is Cc1ccc(F)c(NC(=O)C(=O)Nc2ccnn2C(C)C)c1. The van der Waals surface area contributed by atoms with Crippen molar-refractivity contribution < 1.29 is 14.0 Å². The van der Waals surface area contributed by atoms with Gasteiger partial charge in [0, 0.05) is 12.1 Å². The molecule has 0 radical (unpaired) electrons. The first-order valence-corrected chi connectivity index (χ1v) is 6.80. The Morgan fingerprint density at radius 2 is 1.86 bits per heavy atom. The highest BCUT2D eigenvalue weighted by Crippen LogP contribution is 2.16. The molecule has 2 amide bonds. The number of anilines is 2. The molecule has 2 rings (SSSR count). The molecule has 7 heteroatoms. The Bertz CT molecular complexity index is 709. The van der Waals surface area contributed by atoms with Crippen molar-refractivity contribution in [2.24, 2.45) is 0 Å². The summed E-state index contributed by atoms with van der Waals surface area (Å²) in [7, 11) is 0. The summed E-state index contributed by atoms with van der Waals surface area (Å²) in [4.78, 5) is 23.8. The molecule has 1 heterocycles. The molecule has 0 fully saturated rings. The zero-order valence-electron chi connectivity index (χ0n) is 12.6. The van der Waals surface area contributed by atoms with Gasteiger partial charge in [0.15, 0.2) is 0 Å². The normalized spacial score (nSPS) is 10.6. The molecule has 116 valence electrons. The standard InChI is InChI=1S/C15H17FN4O2/c1-9(2)20-13(6-7-17-20)19-15(22)14(21)18-12-8-10(3)4-5-11(12)16/h4-9H,1-3H3,(H,18,21)(H,19,22). The van der Waals surface area contributed by atoms with E-state index >= 15 is 0 Å². The van der Waals surface area contributed by atoms with E-state index in [4.69, 9.17) is 0 Å². The van der Waals surface area contributed by atoms with E-state index in [0.29, 0.717) is 5.82 Å². The van der Waals surface area contributed by atoms with Gasteiger partial charge >= 0.3 is 11.8 Å². The van der Waals surface area contributed by atoms with E-state index in [1.165, 1.54) is 18.3 Å². The van der Waals surface area contributed by atoms with Gasteiger partial charge in [-0.2, -0.15) is 5.10 Å². The van der Waals surface area contributed by atoms with Crippen LogP contribution in [-0.4, -0.2) is 21.6 Å². The predicted octanol–water partition coefficient (Wildman–Crippen LogP) is 2.49. The highest BCUT2D eigenvalue weighted by molar-refractivity contribution is 6.43. The Labute approximate surface area is 127 Å². The molecule has 1 aromatic carbocycles. The third-order valence-electron chi connectivity index (χ3n) is 2.98. The highest BCUT2D eigenvalue weighted by atomic mass is 19.1. The van der Waals surface area contributed by atoms with Crippen LogP contribution in [0.3, 0.4) is 0 Å². The van der Waals surface area contributed by atoms with Gasteiger partial charge in [-0.1, -0.05) is 6.07 Å². The second-order valence-corrected chi connectivity index (χ2v) is 5.15. The van der Waals surface area contributed by atoms with E-state index in [1.54, 1.807) is 23.7 Å². The fraction of sp³-hybridized carbons (Fsp3) is 0.267. The number of rotatable bonds is 3. The van der Waals surface area contributed by atoms with Gasteiger partial charge in [-0.05, 0) is 38.5 Å². The molecule has 0 spiro atoms. The van der Waals surface area contributed by atoms with E-state index in [2.05, 4.69) is 15.7 Å². The second kappa shape index (κ2) is 6.38. The van der Waals surface area contributed by atoms with Crippen molar-refractivity contribution in [2.45, 2.75) is 26.8 Å². The maximum atomic E-state index is 13.6. The summed E-state index contributed by atoms with van der Waals surface area (Å²) in [5.74, 6) is -2.02. The van der Waals surface area contributed by atoms with Crippen LogP contribution >= 0.6 is 0 Å². The van der Waals surface area contributed by atoms with Gasteiger partial charge in [0.1, 0.15) is 11.6 Å². The minimum absolute atomic E-state index is 0.0301. The van der Waals surface area contributed by atoms with Gasteiger partial charge in [-0.15, -0.1) is 0 Å². The third kappa shape index (κ3) is 3.49. The number of carbonyl (C=O) groups excluding carboxylic acids is 2. The van der Waals surface area contributed by atoms with Crippen LogP contribution in [0.2, 0.25) is 0 Å². The Hall–Kier alpha value is -2.70. The molecule has 0 aliphatic heterocycles. The lowest BCUT2D eigenvalue weighted by Crippen LogP contribution is -2.30. The molecule has 0 aliphatic carbocycles. The van der Waals surface area contributed by atoms with Gasteiger partial charge < -0.3 is 10.6 Å². The highest BCUT2D eigenvalue weighted by Gasteiger charge is 2.18. The molecule has 0 saturated carbocycles. The Kier molecular flexibility index (Phi) is 4.55. The van der Waals surface area contributed by atoms with E-state index in [9.17, 15) is 14.0 Å². The van der Waals surface area contributed by atoms with Gasteiger partial charge in [-0.25, -0.2) is 9.07 Å². The first-order chi connectivity index (χ1) is 10.4. The number of amides is 2. The summed E-state index contributed by atoms with van der Waals surface area (Å²) < 4.78 is 15.1. The number of nitrogens with one attached hydrogen (secondary N) is 2. The monoisotopic (exact) mass is 304 g/mol. The van der Waals surface area contributed by atoms with Crippen LogP contribution in [0, 0.1) is 12.7 Å². The lowest BCUT2D eigenvalue weighted by Gasteiger charge is -2.12. The van der Waals surface area contributed by atoms with Crippen molar-refractivity contribution in [1.29, 1.82) is 0 Å². The van der Waals surface area contributed by atoms with E-state index < -0.39 is 17.6 Å². The molecular formula is C15H17FN4O2. The van der Waals surface area contributed by atoms with Crippen LogP contribution in [-0.2, 0) is 9.59 Å². The average molecular weight is 304 g/mol.